The van der Waals surface area contributed by atoms with Gasteiger partial charge in [0.1, 0.15) is 0 Å². The zero-order valence-electron chi connectivity index (χ0n) is 11.7. The van der Waals surface area contributed by atoms with Gasteiger partial charge in [-0.05, 0) is 31.4 Å². The molecule has 0 aromatic carbocycles. The Bertz CT molecular complexity index is 327. The minimum Gasteiger partial charge on any atom is -0.377 e. The van der Waals surface area contributed by atoms with Crippen LogP contribution in [0.4, 0.5) is 0 Å². The van der Waals surface area contributed by atoms with Crippen LogP contribution in [0.5, 0.6) is 0 Å². The largest absolute Gasteiger partial charge is 0.377 e. The van der Waals surface area contributed by atoms with E-state index in [2.05, 4.69) is 45.1 Å². The van der Waals surface area contributed by atoms with Gasteiger partial charge in [0.05, 0.1) is 6.10 Å². The molecular weight excluding hydrogens is 230 g/mol. The molecule has 1 unspecified atom stereocenters. The van der Waals surface area contributed by atoms with Crippen molar-refractivity contribution in [3.05, 3.63) is 21.9 Å². The van der Waals surface area contributed by atoms with Gasteiger partial charge in [-0.1, -0.05) is 20.8 Å². The van der Waals surface area contributed by atoms with E-state index in [-0.39, 0.29) is 5.41 Å². The monoisotopic (exact) mass is 255 g/mol. The molecule has 0 bridgehead atoms. The lowest BCUT2D eigenvalue weighted by Crippen LogP contribution is -2.26. The first-order chi connectivity index (χ1) is 7.93. The van der Waals surface area contributed by atoms with Crippen molar-refractivity contribution in [1.29, 1.82) is 0 Å². The van der Waals surface area contributed by atoms with E-state index in [9.17, 15) is 0 Å². The van der Waals surface area contributed by atoms with Crippen LogP contribution < -0.4 is 5.32 Å². The van der Waals surface area contributed by atoms with Crippen LogP contribution in [-0.4, -0.2) is 19.3 Å². The zero-order chi connectivity index (χ0) is 12.9. The van der Waals surface area contributed by atoms with Crippen molar-refractivity contribution in [2.45, 2.75) is 52.7 Å². The highest BCUT2D eigenvalue weighted by Gasteiger charge is 2.15. The van der Waals surface area contributed by atoms with Crippen molar-refractivity contribution >= 4 is 11.3 Å². The Kier molecular flexibility index (Phi) is 5.63. The number of hydrogen-bond donors (Lipinski definition) is 1. The van der Waals surface area contributed by atoms with Gasteiger partial charge in [0, 0.05) is 29.5 Å². The minimum absolute atomic E-state index is 0.265. The molecule has 0 spiro atoms. The molecule has 0 aliphatic heterocycles. The second-order valence-electron chi connectivity index (χ2n) is 5.41. The summed E-state index contributed by atoms with van der Waals surface area (Å²) in [7, 11) is 0. The van der Waals surface area contributed by atoms with E-state index < -0.39 is 0 Å². The Morgan fingerprint density at radius 3 is 2.59 bits per heavy atom. The standard InChI is InChI=1S/C14H25NOS/c1-6-16-11(2)9-15-10-12-7-8-13(17-12)14(3,4)5/h7-8,11,15H,6,9-10H2,1-5H3. The van der Waals surface area contributed by atoms with Crippen LogP contribution in [0.2, 0.25) is 0 Å². The van der Waals surface area contributed by atoms with Crippen LogP contribution in [0.25, 0.3) is 0 Å². The van der Waals surface area contributed by atoms with Gasteiger partial charge in [-0.15, -0.1) is 11.3 Å². The van der Waals surface area contributed by atoms with Crippen LogP contribution in [-0.2, 0) is 16.7 Å². The van der Waals surface area contributed by atoms with Crippen molar-refractivity contribution in [3.63, 3.8) is 0 Å². The van der Waals surface area contributed by atoms with Gasteiger partial charge >= 0.3 is 0 Å². The molecule has 0 amide bonds. The fourth-order valence-electron chi connectivity index (χ4n) is 1.62. The van der Waals surface area contributed by atoms with Gasteiger partial charge in [0.25, 0.3) is 0 Å². The molecule has 1 aromatic rings. The zero-order valence-corrected chi connectivity index (χ0v) is 12.5. The number of ether oxygens (including phenoxy) is 1. The lowest BCUT2D eigenvalue weighted by molar-refractivity contribution is 0.0760. The number of nitrogens with one attached hydrogen (secondary N) is 1. The summed E-state index contributed by atoms with van der Waals surface area (Å²) in [5.74, 6) is 0. The van der Waals surface area contributed by atoms with Crippen LogP contribution in [0, 0.1) is 0 Å². The fraction of sp³-hybridized carbons (Fsp3) is 0.714. The molecule has 98 valence electrons. The second-order valence-corrected chi connectivity index (χ2v) is 6.58. The average Bonchev–Trinajstić information content (AvgIpc) is 2.66. The molecule has 3 heteroatoms. The van der Waals surface area contributed by atoms with Crippen molar-refractivity contribution in [2.75, 3.05) is 13.2 Å². The first-order valence-electron chi connectivity index (χ1n) is 6.35. The molecule has 1 heterocycles. The predicted molar refractivity (Wildman–Crippen MR) is 75.8 cm³/mol. The van der Waals surface area contributed by atoms with Crippen molar-refractivity contribution < 1.29 is 4.74 Å². The van der Waals surface area contributed by atoms with Gasteiger partial charge < -0.3 is 10.1 Å². The maximum atomic E-state index is 5.48. The van der Waals surface area contributed by atoms with Crippen molar-refractivity contribution in [1.82, 2.24) is 5.32 Å². The summed E-state index contributed by atoms with van der Waals surface area (Å²) in [5.41, 5.74) is 0.265. The lowest BCUT2D eigenvalue weighted by atomic mass is 9.95. The molecule has 0 fully saturated rings. The summed E-state index contributed by atoms with van der Waals surface area (Å²) in [6, 6.07) is 4.47. The molecule has 17 heavy (non-hydrogen) atoms. The number of hydrogen-bond acceptors (Lipinski definition) is 3. The van der Waals surface area contributed by atoms with Crippen molar-refractivity contribution in [2.24, 2.45) is 0 Å². The van der Waals surface area contributed by atoms with E-state index in [4.69, 9.17) is 4.74 Å². The van der Waals surface area contributed by atoms with Gasteiger partial charge in [-0.3, -0.25) is 0 Å². The summed E-state index contributed by atoms with van der Waals surface area (Å²) < 4.78 is 5.48. The third-order valence-electron chi connectivity index (χ3n) is 2.58. The molecule has 0 radical (unpaired) electrons. The highest BCUT2D eigenvalue weighted by atomic mass is 32.1. The number of rotatable bonds is 6. The Hall–Kier alpha value is -0.380. The van der Waals surface area contributed by atoms with E-state index in [0.29, 0.717) is 6.10 Å². The van der Waals surface area contributed by atoms with Crippen LogP contribution in [0.15, 0.2) is 12.1 Å². The van der Waals surface area contributed by atoms with E-state index in [0.717, 1.165) is 19.7 Å². The molecule has 1 atom stereocenters. The van der Waals surface area contributed by atoms with E-state index in [1.807, 2.05) is 18.3 Å². The van der Waals surface area contributed by atoms with Crippen molar-refractivity contribution in [3.8, 4) is 0 Å². The fourth-order valence-corrected chi connectivity index (χ4v) is 2.65. The van der Waals surface area contributed by atoms with Crippen LogP contribution >= 0.6 is 11.3 Å². The average molecular weight is 255 g/mol. The molecule has 2 nitrogen and oxygen atoms in total. The molecule has 0 saturated carbocycles. The minimum atomic E-state index is 0.265. The molecular formula is C14H25NOS. The normalized spacial score (nSPS) is 13.9. The SMILES string of the molecule is CCOC(C)CNCc1ccc(C(C)(C)C)s1. The Morgan fingerprint density at radius 2 is 2.06 bits per heavy atom. The number of thiophene rings is 1. The molecule has 1 N–H and O–H groups in total. The Morgan fingerprint density at radius 1 is 1.35 bits per heavy atom. The van der Waals surface area contributed by atoms with Gasteiger partial charge in [-0.2, -0.15) is 0 Å². The Labute approximate surface area is 109 Å². The lowest BCUT2D eigenvalue weighted by Gasteiger charge is -2.15. The molecule has 1 aromatic heterocycles. The van der Waals surface area contributed by atoms with Gasteiger partial charge in [-0.25, -0.2) is 0 Å². The second kappa shape index (κ2) is 6.53. The quantitative estimate of drug-likeness (QED) is 0.839. The first-order valence-corrected chi connectivity index (χ1v) is 7.16. The predicted octanol–water partition coefficient (Wildman–Crippen LogP) is 3.56. The summed E-state index contributed by atoms with van der Waals surface area (Å²) in [4.78, 5) is 2.85. The first kappa shape index (κ1) is 14.7. The topological polar surface area (TPSA) is 21.3 Å². The maximum absolute atomic E-state index is 5.48. The third kappa shape index (κ3) is 5.19. The van der Waals surface area contributed by atoms with Crippen LogP contribution in [0.3, 0.4) is 0 Å². The molecule has 0 aliphatic rings. The molecule has 1 rings (SSSR count). The summed E-state index contributed by atoms with van der Waals surface area (Å²) in [6.45, 7) is 13.6. The Balaban J connectivity index is 2.35. The molecule has 0 aliphatic carbocycles. The highest BCUT2D eigenvalue weighted by Crippen LogP contribution is 2.29. The van der Waals surface area contributed by atoms with E-state index in [1.54, 1.807) is 0 Å². The summed E-state index contributed by atoms with van der Waals surface area (Å²) in [6.07, 6.45) is 0.294. The summed E-state index contributed by atoms with van der Waals surface area (Å²) >= 11 is 1.90. The van der Waals surface area contributed by atoms with Gasteiger partial charge in [0.15, 0.2) is 0 Å². The molecule has 0 saturated heterocycles. The smallest absolute Gasteiger partial charge is 0.0671 e. The van der Waals surface area contributed by atoms with Crippen LogP contribution in [0.1, 0.15) is 44.4 Å². The summed E-state index contributed by atoms with van der Waals surface area (Å²) in [5, 5.41) is 3.44. The van der Waals surface area contributed by atoms with Gasteiger partial charge in [0.2, 0.25) is 0 Å². The van der Waals surface area contributed by atoms with E-state index >= 15 is 0 Å². The highest BCUT2D eigenvalue weighted by molar-refractivity contribution is 7.12. The van der Waals surface area contributed by atoms with E-state index in [1.165, 1.54) is 9.75 Å². The maximum Gasteiger partial charge on any atom is 0.0671 e. The third-order valence-corrected chi connectivity index (χ3v) is 4.09.